The van der Waals surface area contributed by atoms with E-state index in [0.717, 1.165) is 54.8 Å². The molecule has 0 spiro atoms. The largest absolute Gasteiger partial charge is 0.353 e. The third kappa shape index (κ3) is 2.87. The van der Waals surface area contributed by atoms with Gasteiger partial charge in [-0.1, -0.05) is 36.4 Å². The van der Waals surface area contributed by atoms with Crippen LogP contribution in [0.2, 0.25) is 0 Å². The highest BCUT2D eigenvalue weighted by atomic mass is 15.3. The Morgan fingerprint density at radius 1 is 0.704 bits per heavy atom. The van der Waals surface area contributed by atoms with Crippen molar-refractivity contribution in [3.8, 4) is 11.4 Å². The molecule has 3 aromatic heterocycles. The molecular weight excluding hydrogens is 338 g/mol. The minimum atomic E-state index is 0.794. The van der Waals surface area contributed by atoms with Crippen molar-refractivity contribution in [1.29, 1.82) is 0 Å². The Labute approximate surface area is 156 Å². The highest BCUT2D eigenvalue weighted by Gasteiger charge is 2.22. The summed E-state index contributed by atoms with van der Waals surface area (Å²) in [6.45, 7) is 3.55. The van der Waals surface area contributed by atoms with Crippen LogP contribution in [0.5, 0.6) is 0 Å². The first kappa shape index (κ1) is 15.7. The number of piperazine rings is 1. The summed E-state index contributed by atoms with van der Waals surface area (Å²) in [6, 6.07) is 16.1. The SMILES string of the molecule is c1ccc(-c2nnc3c(N4CCN(c5ccccn5)CC4)nccn23)cc1. The van der Waals surface area contributed by atoms with E-state index in [1.54, 1.807) is 0 Å². The summed E-state index contributed by atoms with van der Waals surface area (Å²) in [5.74, 6) is 2.74. The average Bonchev–Trinajstić information content (AvgIpc) is 3.19. The maximum absolute atomic E-state index is 4.60. The van der Waals surface area contributed by atoms with Crippen molar-refractivity contribution in [2.45, 2.75) is 0 Å². The summed E-state index contributed by atoms with van der Waals surface area (Å²) in [7, 11) is 0. The third-order valence-corrected chi connectivity index (χ3v) is 4.89. The van der Waals surface area contributed by atoms with E-state index in [1.165, 1.54) is 0 Å². The van der Waals surface area contributed by atoms with Gasteiger partial charge in [-0.3, -0.25) is 4.40 Å². The minimum Gasteiger partial charge on any atom is -0.353 e. The quantitative estimate of drug-likeness (QED) is 0.561. The Morgan fingerprint density at radius 3 is 2.26 bits per heavy atom. The minimum absolute atomic E-state index is 0.794. The van der Waals surface area contributed by atoms with Gasteiger partial charge in [-0.2, -0.15) is 0 Å². The van der Waals surface area contributed by atoms with Gasteiger partial charge in [0.15, 0.2) is 11.6 Å². The zero-order chi connectivity index (χ0) is 18.1. The van der Waals surface area contributed by atoms with Crippen LogP contribution in [0.4, 0.5) is 11.6 Å². The molecule has 1 saturated heterocycles. The fourth-order valence-corrected chi connectivity index (χ4v) is 3.51. The molecule has 5 rings (SSSR count). The van der Waals surface area contributed by atoms with Crippen molar-refractivity contribution < 1.29 is 0 Å². The molecular formula is C20H19N7. The lowest BCUT2D eigenvalue weighted by Crippen LogP contribution is -2.47. The highest BCUT2D eigenvalue weighted by molar-refractivity contribution is 5.69. The molecule has 1 fully saturated rings. The molecule has 0 unspecified atom stereocenters. The molecule has 4 heterocycles. The number of aromatic nitrogens is 5. The second-order valence-corrected chi connectivity index (χ2v) is 6.50. The molecule has 0 bridgehead atoms. The third-order valence-electron chi connectivity index (χ3n) is 4.89. The second kappa shape index (κ2) is 6.68. The van der Waals surface area contributed by atoms with Crippen LogP contribution in [0.15, 0.2) is 67.1 Å². The fraction of sp³-hybridized carbons (Fsp3) is 0.200. The lowest BCUT2D eigenvalue weighted by atomic mass is 10.2. The van der Waals surface area contributed by atoms with Gasteiger partial charge >= 0.3 is 0 Å². The van der Waals surface area contributed by atoms with Crippen LogP contribution in [0.1, 0.15) is 0 Å². The zero-order valence-corrected chi connectivity index (χ0v) is 14.8. The molecule has 27 heavy (non-hydrogen) atoms. The van der Waals surface area contributed by atoms with Crippen LogP contribution < -0.4 is 9.80 Å². The van der Waals surface area contributed by atoms with E-state index in [9.17, 15) is 0 Å². The molecule has 0 atom stereocenters. The Morgan fingerprint density at radius 2 is 1.48 bits per heavy atom. The van der Waals surface area contributed by atoms with Crippen molar-refractivity contribution in [2.75, 3.05) is 36.0 Å². The van der Waals surface area contributed by atoms with Gasteiger partial charge in [0, 0.05) is 50.3 Å². The van der Waals surface area contributed by atoms with Gasteiger partial charge in [-0.05, 0) is 12.1 Å². The van der Waals surface area contributed by atoms with Gasteiger partial charge in [0.2, 0.25) is 5.65 Å². The first-order valence-corrected chi connectivity index (χ1v) is 9.06. The van der Waals surface area contributed by atoms with Crippen LogP contribution in [-0.2, 0) is 0 Å². The first-order chi connectivity index (χ1) is 13.4. The smallest absolute Gasteiger partial charge is 0.204 e. The fourth-order valence-electron chi connectivity index (χ4n) is 3.51. The van der Waals surface area contributed by atoms with E-state index >= 15 is 0 Å². The van der Waals surface area contributed by atoms with Gasteiger partial charge in [-0.25, -0.2) is 9.97 Å². The lowest BCUT2D eigenvalue weighted by molar-refractivity contribution is 0.642. The first-order valence-electron chi connectivity index (χ1n) is 9.06. The molecule has 1 aliphatic heterocycles. The highest BCUT2D eigenvalue weighted by Crippen LogP contribution is 2.24. The van der Waals surface area contributed by atoms with Crippen molar-refractivity contribution in [2.24, 2.45) is 0 Å². The molecule has 0 N–H and O–H groups in total. The summed E-state index contributed by atoms with van der Waals surface area (Å²) in [4.78, 5) is 13.6. The van der Waals surface area contributed by atoms with Gasteiger partial charge in [-0.15, -0.1) is 10.2 Å². The standard InChI is InChI=1S/C20H19N7/c1-2-6-16(7-3-1)18-23-24-20-19(22-10-11-27(18)20)26-14-12-25(13-15-26)17-8-4-5-9-21-17/h1-11H,12-15H2. The number of hydrogen-bond acceptors (Lipinski definition) is 6. The summed E-state index contributed by atoms with van der Waals surface area (Å²) >= 11 is 0. The van der Waals surface area contributed by atoms with Gasteiger partial charge in [0.1, 0.15) is 5.82 Å². The number of nitrogens with zero attached hydrogens (tertiary/aromatic N) is 7. The van der Waals surface area contributed by atoms with E-state index in [1.807, 2.05) is 65.5 Å². The van der Waals surface area contributed by atoms with E-state index in [2.05, 4.69) is 36.0 Å². The Hall–Kier alpha value is -3.48. The number of anilines is 2. The Balaban J connectivity index is 1.42. The molecule has 1 aromatic carbocycles. The predicted octanol–water partition coefficient (Wildman–Crippen LogP) is 2.51. The zero-order valence-electron chi connectivity index (χ0n) is 14.8. The summed E-state index contributed by atoms with van der Waals surface area (Å²) in [6.07, 6.45) is 5.58. The van der Waals surface area contributed by atoms with Crippen LogP contribution in [0.25, 0.3) is 17.0 Å². The summed E-state index contributed by atoms with van der Waals surface area (Å²) in [5.41, 5.74) is 1.84. The van der Waals surface area contributed by atoms with Crippen molar-refractivity contribution >= 4 is 17.3 Å². The van der Waals surface area contributed by atoms with E-state index < -0.39 is 0 Å². The molecule has 0 aliphatic carbocycles. The molecule has 7 nitrogen and oxygen atoms in total. The molecule has 4 aromatic rings. The topological polar surface area (TPSA) is 62.5 Å². The molecule has 0 radical (unpaired) electrons. The number of rotatable bonds is 3. The average molecular weight is 357 g/mol. The molecule has 1 aliphatic rings. The lowest BCUT2D eigenvalue weighted by Gasteiger charge is -2.35. The van der Waals surface area contributed by atoms with Crippen molar-refractivity contribution in [3.05, 3.63) is 67.1 Å². The van der Waals surface area contributed by atoms with E-state index in [-0.39, 0.29) is 0 Å². The van der Waals surface area contributed by atoms with Crippen molar-refractivity contribution in [1.82, 2.24) is 24.6 Å². The summed E-state index contributed by atoms with van der Waals surface area (Å²) in [5, 5.41) is 8.84. The van der Waals surface area contributed by atoms with Gasteiger partial charge < -0.3 is 9.80 Å². The molecule has 0 amide bonds. The number of benzene rings is 1. The van der Waals surface area contributed by atoms with Crippen LogP contribution in [0.3, 0.4) is 0 Å². The van der Waals surface area contributed by atoms with Crippen molar-refractivity contribution in [3.63, 3.8) is 0 Å². The van der Waals surface area contributed by atoms with Gasteiger partial charge in [0.25, 0.3) is 0 Å². The molecule has 134 valence electrons. The number of pyridine rings is 1. The number of fused-ring (bicyclic) bond motifs is 1. The maximum atomic E-state index is 4.60. The maximum Gasteiger partial charge on any atom is 0.204 e. The van der Waals surface area contributed by atoms with E-state index in [4.69, 9.17) is 0 Å². The van der Waals surface area contributed by atoms with Crippen LogP contribution >= 0.6 is 0 Å². The van der Waals surface area contributed by atoms with E-state index in [0.29, 0.717) is 0 Å². The second-order valence-electron chi connectivity index (χ2n) is 6.50. The predicted molar refractivity (Wildman–Crippen MR) is 105 cm³/mol. The Kier molecular flexibility index (Phi) is 3.90. The van der Waals surface area contributed by atoms with Gasteiger partial charge in [0.05, 0.1) is 0 Å². The molecule has 7 heteroatoms. The van der Waals surface area contributed by atoms with Crippen LogP contribution in [-0.4, -0.2) is 50.7 Å². The normalized spacial score (nSPS) is 14.7. The monoisotopic (exact) mass is 357 g/mol. The number of hydrogen-bond donors (Lipinski definition) is 0. The van der Waals surface area contributed by atoms with Crippen LogP contribution in [0, 0.1) is 0 Å². The summed E-state index contributed by atoms with van der Waals surface area (Å²) < 4.78 is 2.02. The molecule has 0 saturated carbocycles. The Bertz CT molecular complexity index is 1040.